The van der Waals surface area contributed by atoms with Gasteiger partial charge in [-0.2, -0.15) is 0 Å². The van der Waals surface area contributed by atoms with Crippen LogP contribution in [0.15, 0.2) is 47.9 Å². The van der Waals surface area contributed by atoms with Gasteiger partial charge < -0.3 is 9.64 Å². The van der Waals surface area contributed by atoms with Crippen LogP contribution >= 0.6 is 11.3 Å². The Bertz CT molecular complexity index is 863. The summed E-state index contributed by atoms with van der Waals surface area (Å²) in [5.41, 5.74) is 0.191. The molecule has 8 heteroatoms. The molecule has 0 saturated carbocycles. The summed E-state index contributed by atoms with van der Waals surface area (Å²) in [6.07, 6.45) is 4.23. The monoisotopic (exact) mass is 386 g/mol. The summed E-state index contributed by atoms with van der Waals surface area (Å²) in [6, 6.07) is 10.1. The van der Waals surface area contributed by atoms with Crippen LogP contribution in [0.3, 0.4) is 0 Å². The molecule has 3 rings (SSSR count). The summed E-state index contributed by atoms with van der Waals surface area (Å²) < 4.78 is 5.02. The standard InChI is InChI=1S/C19H18N2O5S/c22-18(20-11-3-7-16(20)17-8-4-12-27-17)13-26-19(23)10-9-14-5-1-2-6-15(14)21(24)25/h1-2,4-6,8-10,12,16H,3,7,11,13H2/b10-9+. The average Bonchev–Trinajstić information content (AvgIpc) is 3.35. The van der Waals surface area contributed by atoms with Crippen LogP contribution in [0, 0.1) is 10.1 Å². The van der Waals surface area contributed by atoms with Gasteiger partial charge >= 0.3 is 5.97 Å². The van der Waals surface area contributed by atoms with E-state index < -0.39 is 10.9 Å². The molecule has 1 amide bonds. The Labute approximate surface area is 160 Å². The van der Waals surface area contributed by atoms with Crippen LogP contribution in [0.25, 0.3) is 6.08 Å². The number of ether oxygens (including phenoxy) is 1. The number of nitrogens with zero attached hydrogens (tertiary/aromatic N) is 2. The second-order valence-electron chi connectivity index (χ2n) is 6.02. The highest BCUT2D eigenvalue weighted by Gasteiger charge is 2.30. The molecular weight excluding hydrogens is 368 g/mol. The molecule has 1 unspecified atom stereocenters. The predicted octanol–water partition coefficient (Wildman–Crippen LogP) is 3.58. The topological polar surface area (TPSA) is 89.7 Å². The number of thiophene rings is 1. The van der Waals surface area contributed by atoms with Gasteiger partial charge in [0.05, 0.1) is 16.5 Å². The van der Waals surface area contributed by atoms with Crippen molar-refractivity contribution in [2.75, 3.05) is 13.2 Å². The first-order valence-corrected chi connectivity index (χ1v) is 9.35. The minimum absolute atomic E-state index is 0.0405. The van der Waals surface area contributed by atoms with Crippen molar-refractivity contribution in [2.24, 2.45) is 0 Å². The molecule has 1 aliphatic heterocycles. The minimum Gasteiger partial charge on any atom is -0.452 e. The molecule has 27 heavy (non-hydrogen) atoms. The second kappa shape index (κ2) is 8.59. The fourth-order valence-corrected chi connectivity index (χ4v) is 3.93. The maximum atomic E-state index is 12.4. The molecule has 1 fully saturated rings. The van der Waals surface area contributed by atoms with E-state index in [0.29, 0.717) is 12.1 Å². The van der Waals surface area contributed by atoms with Gasteiger partial charge in [-0.1, -0.05) is 18.2 Å². The number of nitro groups is 1. The van der Waals surface area contributed by atoms with E-state index in [1.807, 2.05) is 17.5 Å². The Hall–Kier alpha value is -3.00. The smallest absolute Gasteiger partial charge is 0.331 e. The third-order valence-electron chi connectivity index (χ3n) is 4.32. The number of esters is 1. The van der Waals surface area contributed by atoms with Crippen molar-refractivity contribution in [2.45, 2.75) is 18.9 Å². The number of hydrogen-bond acceptors (Lipinski definition) is 6. The molecule has 1 aromatic heterocycles. The third-order valence-corrected chi connectivity index (χ3v) is 5.29. The van der Waals surface area contributed by atoms with Crippen LogP contribution in [-0.4, -0.2) is 34.9 Å². The summed E-state index contributed by atoms with van der Waals surface area (Å²) in [5, 5.41) is 12.9. The molecule has 1 aliphatic rings. The normalized spacial score (nSPS) is 16.6. The molecule has 0 bridgehead atoms. The molecule has 2 aromatic rings. The first-order valence-electron chi connectivity index (χ1n) is 8.47. The van der Waals surface area contributed by atoms with E-state index in [-0.39, 0.29) is 24.2 Å². The molecule has 1 atom stereocenters. The largest absolute Gasteiger partial charge is 0.452 e. The van der Waals surface area contributed by atoms with Crippen molar-refractivity contribution in [1.82, 2.24) is 4.90 Å². The highest BCUT2D eigenvalue weighted by Crippen LogP contribution is 2.34. The van der Waals surface area contributed by atoms with Gasteiger partial charge in [0, 0.05) is 23.6 Å². The number of para-hydroxylation sites is 1. The number of hydrogen-bond donors (Lipinski definition) is 0. The van der Waals surface area contributed by atoms with Gasteiger partial charge in [0.2, 0.25) is 0 Å². The SMILES string of the molecule is O=C(/C=C/c1ccccc1[N+](=O)[O-])OCC(=O)N1CCCC1c1cccs1. The van der Waals surface area contributed by atoms with E-state index >= 15 is 0 Å². The summed E-state index contributed by atoms with van der Waals surface area (Å²) >= 11 is 1.61. The second-order valence-corrected chi connectivity index (χ2v) is 7.00. The van der Waals surface area contributed by atoms with Crippen LogP contribution in [0.1, 0.15) is 29.3 Å². The molecule has 140 valence electrons. The van der Waals surface area contributed by atoms with Gasteiger partial charge in [-0.25, -0.2) is 4.79 Å². The fourth-order valence-electron chi connectivity index (χ4n) is 3.06. The lowest BCUT2D eigenvalue weighted by Crippen LogP contribution is -2.33. The van der Waals surface area contributed by atoms with E-state index in [0.717, 1.165) is 23.8 Å². The first-order chi connectivity index (χ1) is 13.1. The lowest BCUT2D eigenvalue weighted by atomic mass is 10.1. The number of benzene rings is 1. The lowest BCUT2D eigenvalue weighted by Gasteiger charge is -2.23. The molecule has 0 aliphatic carbocycles. The Balaban J connectivity index is 1.56. The summed E-state index contributed by atoms with van der Waals surface area (Å²) in [7, 11) is 0. The quantitative estimate of drug-likeness (QED) is 0.328. The van der Waals surface area contributed by atoms with Gasteiger partial charge in [0.1, 0.15) is 0 Å². The van der Waals surface area contributed by atoms with E-state index in [4.69, 9.17) is 4.74 Å². The van der Waals surface area contributed by atoms with E-state index in [1.54, 1.807) is 28.4 Å². The maximum absolute atomic E-state index is 12.4. The zero-order valence-corrected chi connectivity index (χ0v) is 15.3. The van der Waals surface area contributed by atoms with Crippen LogP contribution < -0.4 is 0 Å². The van der Waals surface area contributed by atoms with Crippen molar-refractivity contribution in [3.8, 4) is 0 Å². The zero-order chi connectivity index (χ0) is 19.2. The van der Waals surface area contributed by atoms with Gasteiger partial charge in [-0.3, -0.25) is 14.9 Å². The number of nitro benzene ring substituents is 1. The minimum atomic E-state index is -0.714. The van der Waals surface area contributed by atoms with E-state index in [9.17, 15) is 19.7 Å². The summed E-state index contributed by atoms with van der Waals surface area (Å²) in [6.45, 7) is 0.299. The Morgan fingerprint density at radius 3 is 2.85 bits per heavy atom. The van der Waals surface area contributed by atoms with Crippen LogP contribution in [0.4, 0.5) is 5.69 Å². The van der Waals surface area contributed by atoms with Crippen molar-refractivity contribution >= 4 is 35.0 Å². The Morgan fingerprint density at radius 2 is 2.11 bits per heavy atom. The fraction of sp³-hybridized carbons (Fsp3) is 0.263. The maximum Gasteiger partial charge on any atom is 0.331 e. The average molecular weight is 386 g/mol. The third kappa shape index (κ3) is 4.59. The molecule has 7 nitrogen and oxygen atoms in total. The van der Waals surface area contributed by atoms with Gasteiger partial charge in [0.15, 0.2) is 6.61 Å². The number of likely N-dealkylation sites (tertiary alicyclic amines) is 1. The number of rotatable bonds is 6. The predicted molar refractivity (Wildman–Crippen MR) is 101 cm³/mol. The van der Waals surface area contributed by atoms with E-state index in [1.165, 1.54) is 18.2 Å². The van der Waals surface area contributed by atoms with E-state index in [2.05, 4.69) is 0 Å². The lowest BCUT2D eigenvalue weighted by molar-refractivity contribution is -0.385. The van der Waals surface area contributed by atoms with Gasteiger partial charge in [-0.15, -0.1) is 11.3 Å². The Kier molecular flexibility index (Phi) is 5.97. The molecule has 0 spiro atoms. The van der Waals surface area contributed by atoms with Gasteiger partial charge in [0.25, 0.3) is 11.6 Å². The molecule has 2 heterocycles. The number of carbonyl (C=O) groups excluding carboxylic acids is 2. The summed E-state index contributed by atoms with van der Waals surface area (Å²) in [5.74, 6) is -0.952. The van der Waals surface area contributed by atoms with Crippen molar-refractivity contribution in [3.63, 3.8) is 0 Å². The summed E-state index contributed by atoms with van der Waals surface area (Å²) in [4.78, 5) is 37.6. The molecule has 0 N–H and O–H groups in total. The van der Waals surface area contributed by atoms with Crippen LogP contribution in [0.5, 0.6) is 0 Å². The van der Waals surface area contributed by atoms with Crippen molar-refractivity contribution < 1.29 is 19.2 Å². The molecule has 1 aromatic carbocycles. The van der Waals surface area contributed by atoms with Gasteiger partial charge in [-0.05, 0) is 36.4 Å². The van der Waals surface area contributed by atoms with Crippen molar-refractivity contribution in [1.29, 1.82) is 0 Å². The molecule has 1 saturated heterocycles. The highest BCUT2D eigenvalue weighted by atomic mass is 32.1. The molecule has 0 radical (unpaired) electrons. The number of amides is 1. The zero-order valence-electron chi connectivity index (χ0n) is 14.4. The van der Waals surface area contributed by atoms with Crippen molar-refractivity contribution in [3.05, 3.63) is 68.4 Å². The van der Waals surface area contributed by atoms with Crippen LogP contribution in [0.2, 0.25) is 0 Å². The highest BCUT2D eigenvalue weighted by molar-refractivity contribution is 7.10. The van der Waals surface area contributed by atoms with Crippen LogP contribution in [-0.2, 0) is 14.3 Å². The molecular formula is C19H18N2O5S. The number of carbonyl (C=O) groups is 2. The Morgan fingerprint density at radius 1 is 1.30 bits per heavy atom. The first kappa shape index (κ1) is 18.8.